The first-order valence-corrected chi connectivity index (χ1v) is 9.78. The summed E-state index contributed by atoms with van der Waals surface area (Å²) in [5.41, 5.74) is 0.660. The lowest BCUT2D eigenvalue weighted by Crippen LogP contribution is -2.37. The number of hydrogen-bond donors (Lipinski definition) is 0. The number of nitrogens with zero attached hydrogens (tertiary/aromatic N) is 1. The molecule has 1 aliphatic rings. The van der Waals surface area contributed by atoms with E-state index in [1.807, 2.05) is 13.8 Å². The quantitative estimate of drug-likeness (QED) is 0.802. The van der Waals surface area contributed by atoms with Crippen molar-refractivity contribution in [2.24, 2.45) is 0 Å². The van der Waals surface area contributed by atoms with Crippen molar-refractivity contribution in [3.63, 3.8) is 0 Å². The summed E-state index contributed by atoms with van der Waals surface area (Å²) in [5.74, 6) is 0.871. The number of benzene rings is 2. The van der Waals surface area contributed by atoms with Crippen LogP contribution in [0, 0.1) is 0 Å². The summed E-state index contributed by atoms with van der Waals surface area (Å²) in [4.78, 5) is 12.4. The molecule has 1 heterocycles. The van der Waals surface area contributed by atoms with Crippen LogP contribution < -0.4 is 13.8 Å². The summed E-state index contributed by atoms with van der Waals surface area (Å²) in [6, 6.07) is 11.2. The van der Waals surface area contributed by atoms with Gasteiger partial charge in [-0.3, -0.25) is 9.10 Å². The lowest BCUT2D eigenvalue weighted by Gasteiger charge is -2.31. The Labute approximate surface area is 153 Å². The van der Waals surface area contributed by atoms with Gasteiger partial charge < -0.3 is 9.47 Å². The number of para-hydroxylation sites is 1. The van der Waals surface area contributed by atoms with E-state index in [2.05, 4.69) is 0 Å². The summed E-state index contributed by atoms with van der Waals surface area (Å²) >= 11 is 0. The van der Waals surface area contributed by atoms with Crippen molar-refractivity contribution in [2.75, 3.05) is 18.0 Å². The number of hydrogen-bond acceptors (Lipinski definition) is 5. The lowest BCUT2D eigenvalue weighted by atomic mass is 10.0. The second kappa shape index (κ2) is 6.99. The first kappa shape index (κ1) is 18.3. The van der Waals surface area contributed by atoms with Gasteiger partial charge in [0.2, 0.25) is 0 Å². The molecule has 26 heavy (non-hydrogen) atoms. The molecule has 0 saturated heterocycles. The molecule has 7 heteroatoms. The van der Waals surface area contributed by atoms with Crippen LogP contribution in [-0.4, -0.2) is 34.0 Å². The van der Waals surface area contributed by atoms with Crippen molar-refractivity contribution in [1.29, 1.82) is 0 Å². The molecule has 0 fully saturated rings. The van der Waals surface area contributed by atoms with Gasteiger partial charge in [0.1, 0.15) is 17.2 Å². The van der Waals surface area contributed by atoms with Gasteiger partial charge in [0.05, 0.1) is 18.1 Å². The van der Waals surface area contributed by atoms with Gasteiger partial charge in [-0.05, 0) is 50.2 Å². The predicted molar refractivity (Wildman–Crippen MR) is 98.7 cm³/mol. The Morgan fingerprint density at radius 1 is 1.08 bits per heavy atom. The smallest absolute Gasteiger partial charge is 0.264 e. The van der Waals surface area contributed by atoms with Gasteiger partial charge in [-0.25, -0.2) is 8.42 Å². The average Bonchev–Trinajstić information content (AvgIpc) is 2.61. The number of sulfonamides is 1. The van der Waals surface area contributed by atoms with E-state index in [0.717, 1.165) is 0 Å². The summed E-state index contributed by atoms with van der Waals surface area (Å²) in [6.45, 7) is 3.88. The van der Waals surface area contributed by atoms with Crippen LogP contribution in [0.4, 0.5) is 5.69 Å². The van der Waals surface area contributed by atoms with Crippen LogP contribution in [0.15, 0.2) is 47.4 Å². The molecule has 0 unspecified atom stereocenters. The Kier molecular flexibility index (Phi) is 4.91. The first-order chi connectivity index (χ1) is 12.3. The minimum Gasteiger partial charge on any atom is -0.495 e. The van der Waals surface area contributed by atoms with E-state index in [9.17, 15) is 13.2 Å². The fraction of sp³-hybridized carbons (Fsp3) is 0.316. The fourth-order valence-electron chi connectivity index (χ4n) is 2.95. The molecule has 0 N–H and O–H groups in total. The SMILES string of the molecule is COc1cccc2c1N(S(=O)(=O)c1ccc(OC(C)C)cc1)CCC2=O. The van der Waals surface area contributed by atoms with Gasteiger partial charge >= 0.3 is 0 Å². The number of fused-ring (bicyclic) bond motifs is 1. The zero-order chi connectivity index (χ0) is 18.9. The van der Waals surface area contributed by atoms with Gasteiger partial charge in [-0.1, -0.05) is 6.07 Å². The summed E-state index contributed by atoms with van der Waals surface area (Å²) < 4.78 is 38.5. The average molecular weight is 375 g/mol. The molecule has 138 valence electrons. The Bertz CT molecular complexity index is 919. The highest BCUT2D eigenvalue weighted by Gasteiger charge is 2.34. The van der Waals surface area contributed by atoms with Crippen molar-refractivity contribution in [3.8, 4) is 11.5 Å². The van der Waals surface area contributed by atoms with Crippen LogP contribution in [0.5, 0.6) is 11.5 Å². The number of methoxy groups -OCH3 is 1. The molecule has 0 atom stereocenters. The molecule has 1 aliphatic heterocycles. The Balaban J connectivity index is 2.04. The van der Waals surface area contributed by atoms with Crippen LogP contribution in [0.3, 0.4) is 0 Å². The number of ketones is 1. The molecule has 2 aromatic rings. The topological polar surface area (TPSA) is 72.9 Å². The number of carbonyl (C=O) groups excluding carboxylic acids is 1. The minimum atomic E-state index is -3.83. The fourth-order valence-corrected chi connectivity index (χ4v) is 4.44. The number of ether oxygens (including phenoxy) is 2. The van der Waals surface area contributed by atoms with Crippen LogP contribution >= 0.6 is 0 Å². The monoisotopic (exact) mass is 375 g/mol. The molecule has 0 amide bonds. The third-order valence-corrected chi connectivity index (χ3v) is 5.91. The van der Waals surface area contributed by atoms with E-state index in [4.69, 9.17) is 9.47 Å². The Morgan fingerprint density at radius 2 is 1.77 bits per heavy atom. The van der Waals surface area contributed by atoms with Crippen LogP contribution in [0.25, 0.3) is 0 Å². The molecular weight excluding hydrogens is 354 g/mol. The standard InChI is InChI=1S/C19H21NO5S/c1-13(2)25-14-7-9-15(10-8-14)26(22,23)20-12-11-17(21)16-5-4-6-18(24-3)19(16)20/h4-10,13H,11-12H2,1-3H3. The maximum atomic E-state index is 13.2. The molecule has 0 aromatic heterocycles. The molecule has 0 spiro atoms. The second-order valence-corrected chi connectivity index (χ2v) is 8.11. The lowest BCUT2D eigenvalue weighted by molar-refractivity contribution is 0.0981. The maximum Gasteiger partial charge on any atom is 0.264 e. The molecule has 3 rings (SSSR count). The molecule has 0 aliphatic carbocycles. The molecule has 0 radical (unpaired) electrons. The summed E-state index contributed by atoms with van der Waals surface area (Å²) in [6.07, 6.45) is 0.134. The second-order valence-electron chi connectivity index (χ2n) is 6.24. The Hall–Kier alpha value is -2.54. The number of anilines is 1. The van der Waals surface area contributed by atoms with E-state index >= 15 is 0 Å². The van der Waals surface area contributed by atoms with Crippen molar-refractivity contribution in [3.05, 3.63) is 48.0 Å². The molecule has 0 bridgehead atoms. The van der Waals surface area contributed by atoms with Gasteiger partial charge in [0.15, 0.2) is 5.78 Å². The third kappa shape index (κ3) is 3.26. The number of rotatable bonds is 5. The van der Waals surface area contributed by atoms with Crippen LogP contribution in [0.2, 0.25) is 0 Å². The largest absolute Gasteiger partial charge is 0.495 e. The van der Waals surface area contributed by atoms with Gasteiger partial charge in [-0.15, -0.1) is 0 Å². The van der Waals surface area contributed by atoms with Gasteiger partial charge in [0, 0.05) is 18.5 Å². The van der Waals surface area contributed by atoms with Crippen molar-refractivity contribution >= 4 is 21.5 Å². The minimum absolute atomic E-state index is 0.00158. The molecule has 6 nitrogen and oxygen atoms in total. The van der Waals surface area contributed by atoms with Crippen LogP contribution in [-0.2, 0) is 10.0 Å². The highest BCUT2D eigenvalue weighted by Crippen LogP contribution is 2.39. The summed E-state index contributed by atoms with van der Waals surface area (Å²) in [7, 11) is -2.38. The zero-order valence-electron chi connectivity index (χ0n) is 14.9. The van der Waals surface area contributed by atoms with Crippen LogP contribution in [0.1, 0.15) is 30.6 Å². The van der Waals surface area contributed by atoms with E-state index in [-0.39, 0.29) is 29.7 Å². The molecule has 0 saturated carbocycles. The third-order valence-electron chi connectivity index (χ3n) is 4.09. The predicted octanol–water partition coefficient (Wildman–Crippen LogP) is 3.26. The van der Waals surface area contributed by atoms with Crippen molar-refractivity contribution < 1.29 is 22.7 Å². The zero-order valence-corrected chi connectivity index (χ0v) is 15.7. The molecule has 2 aromatic carbocycles. The molecular formula is C19H21NO5S. The highest BCUT2D eigenvalue weighted by molar-refractivity contribution is 7.92. The number of carbonyl (C=O) groups is 1. The normalized spacial score (nSPS) is 14.3. The number of Topliss-reactive ketones (excluding diaryl/α,β-unsaturated/α-hetero) is 1. The summed E-state index contributed by atoms with van der Waals surface area (Å²) in [5, 5.41) is 0. The van der Waals surface area contributed by atoms with E-state index in [0.29, 0.717) is 22.7 Å². The Morgan fingerprint density at radius 3 is 2.38 bits per heavy atom. The van der Waals surface area contributed by atoms with Crippen molar-refractivity contribution in [1.82, 2.24) is 0 Å². The van der Waals surface area contributed by atoms with E-state index in [1.54, 1.807) is 30.3 Å². The highest BCUT2D eigenvalue weighted by atomic mass is 32.2. The van der Waals surface area contributed by atoms with Gasteiger partial charge in [-0.2, -0.15) is 0 Å². The van der Waals surface area contributed by atoms with Gasteiger partial charge in [0.25, 0.3) is 10.0 Å². The van der Waals surface area contributed by atoms with Crippen molar-refractivity contribution in [2.45, 2.75) is 31.3 Å². The maximum absolute atomic E-state index is 13.2. The van der Waals surface area contributed by atoms with E-state index in [1.165, 1.54) is 23.5 Å². The van der Waals surface area contributed by atoms with E-state index < -0.39 is 10.0 Å². The first-order valence-electron chi connectivity index (χ1n) is 8.34.